The second-order valence-electron chi connectivity index (χ2n) is 4.56. The first-order valence-electron chi connectivity index (χ1n) is 5.81. The Bertz CT molecular complexity index is 650. The number of nitrogens with zero attached hydrogens (tertiary/aromatic N) is 2. The maximum Gasteiger partial charge on any atom is 0.328 e. The summed E-state index contributed by atoms with van der Waals surface area (Å²) in [7, 11) is 1.67. The summed E-state index contributed by atoms with van der Waals surface area (Å²) < 4.78 is 2.88. The van der Waals surface area contributed by atoms with E-state index in [4.69, 9.17) is 0 Å². The Morgan fingerprint density at radius 1 is 1.22 bits per heavy atom. The molecule has 0 saturated heterocycles. The van der Waals surface area contributed by atoms with Crippen LogP contribution in [0.15, 0.2) is 35.4 Å². The summed E-state index contributed by atoms with van der Waals surface area (Å²) >= 11 is 0. The van der Waals surface area contributed by atoms with Crippen molar-refractivity contribution >= 4 is 5.78 Å². The largest absolute Gasteiger partial charge is 0.328 e. The van der Waals surface area contributed by atoms with Crippen molar-refractivity contribution < 1.29 is 4.79 Å². The molecule has 0 spiro atoms. The lowest BCUT2D eigenvalue weighted by Gasteiger charge is -2.06. The molecule has 0 aliphatic heterocycles. The predicted molar refractivity (Wildman–Crippen MR) is 69.9 cm³/mol. The van der Waals surface area contributed by atoms with Crippen molar-refractivity contribution in [2.45, 2.75) is 20.4 Å². The van der Waals surface area contributed by atoms with Gasteiger partial charge in [-0.25, -0.2) is 4.79 Å². The summed E-state index contributed by atoms with van der Waals surface area (Å²) in [6, 6.07) is 5.77. The average Bonchev–Trinajstić information content (AvgIpc) is 2.64. The molecule has 0 aliphatic rings. The number of carbonyl (C=O) groups is 1. The van der Waals surface area contributed by atoms with E-state index in [2.05, 4.69) is 0 Å². The Labute approximate surface area is 105 Å². The summed E-state index contributed by atoms with van der Waals surface area (Å²) in [6.07, 6.45) is 3.28. The minimum absolute atomic E-state index is 0.0375. The lowest BCUT2D eigenvalue weighted by molar-refractivity contribution is 0.0970. The van der Waals surface area contributed by atoms with Crippen molar-refractivity contribution in [3.63, 3.8) is 0 Å². The fourth-order valence-electron chi connectivity index (χ4n) is 1.91. The van der Waals surface area contributed by atoms with E-state index in [-0.39, 0.29) is 18.0 Å². The highest BCUT2D eigenvalue weighted by molar-refractivity contribution is 5.97. The number of aryl methyl sites for hydroxylation is 3. The molecule has 1 aromatic carbocycles. The molecule has 94 valence electrons. The van der Waals surface area contributed by atoms with Crippen LogP contribution in [0.2, 0.25) is 0 Å². The zero-order valence-corrected chi connectivity index (χ0v) is 10.8. The lowest BCUT2D eigenvalue weighted by Crippen LogP contribution is -2.25. The molecule has 4 heteroatoms. The van der Waals surface area contributed by atoms with Gasteiger partial charge in [0.05, 0.1) is 6.54 Å². The first kappa shape index (κ1) is 12.4. The van der Waals surface area contributed by atoms with E-state index in [1.807, 2.05) is 32.0 Å². The maximum atomic E-state index is 12.2. The summed E-state index contributed by atoms with van der Waals surface area (Å²) in [5.74, 6) is -0.0375. The van der Waals surface area contributed by atoms with Crippen LogP contribution in [0.1, 0.15) is 21.5 Å². The van der Waals surface area contributed by atoms with Gasteiger partial charge in [0, 0.05) is 25.0 Å². The van der Waals surface area contributed by atoms with Gasteiger partial charge >= 0.3 is 5.69 Å². The zero-order chi connectivity index (χ0) is 13.3. The number of carbonyl (C=O) groups excluding carboxylic acids is 1. The molecule has 0 aliphatic carbocycles. The molecule has 0 fully saturated rings. The zero-order valence-electron chi connectivity index (χ0n) is 10.8. The van der Waals surface area contributed by atoms with Crippen LogP contribution < -0.4 is 5.69 Å². The molecule has 0 atom stereocenters. The second kappa shape index (κ2) is 4.64. The predicted octanol–water partition coefficient (Wildman–Crippen LogP) is 1.69. The highest BCUT2D eigenvalue weighted by Crippen LogP contribution is 2.12. The van der Waals surface area contributed by atoms with Crippen molar-refractivity contribution in [2.24, 2.45) is 7.05 Å². The number of aromatic nitrogens is 2. The van der Waals surface area contributed by atoms with Crippen LogP contribution in [-0.2, 0) is 13.6 Å². The number of hydrogen-bond donors (Lipinski definition) is 0. The standard InChI is InChI=1S/C14H16N2O2/c1-10-4-5-11(2)12(8-10)13(17)9-16-7-6-15(3)14(16)18/h4-8H,9H2,1-3H3. The Morgan fingerprint density at radius 3 is 2.56 bits per heavy atom. The van der Waals surface area contributed by atoms with Crippen LogP contribution in [0.25, 0.3) is 0 Å². The van der Waals surface area contributed by atoms with Gasteiger partial charge in [-0.3, -0.25) is 9.36 Å². The molecule has 4 nitrogen and oxygen atoms in total. The van der Waals surface area contributed by atoms with Crippen LogP contribution in [-0.4, -0.2) is 14.9 Å². The first-order valence-corrected chi connectivity index (χ1v) is 5.81. The summed E-state index contributed by atoms with van der Waals surface area (Å²) in [4.78, 5) is 23.8. The maximum absolute atomic E-state index is 12.2. The first-order chi connectivity index (χ1) is 8.49. The molecule has 0 saturated carbocycles. The van der Waals surface area contributed by atoms with Crippen LogP contribution in [0.3, 0.4) is 0 Å². The van der Waals surface area contributed by atoms with Gasteiger partial charge in [0.15, 0.2) is 5.78 Å². The minimum Gasteiger partial charge on any atom is -0.302 e. The third kappa shape index (κ3) is 2.27. The average molecular weight is 244 g/mol. The molecule has 2 rings (SSSR count). The van der Waals surface area contributed by atoms with Gasteiger partial charge in [0.2, 0.25) is 0 Å². The smallest absolute Gasteiger partial charge is 0.302 e. The van der Waals surface area contributed by atoms with Crippen molar-refractivity contribution in [1.82, 2.24) is 9.13 Å². The fourth-order valence-corrected chi connectivity index (χ4v) is 1.91. The van der Waals surface area contributed by atoms with Gasteiger partial charge < -0.3 is 4.57 Å². The van der Waals surface area contributed by atoms with Gasteiger partial charge in [-0.1, -0.05) is 17.7 Å². The molecule has 0 amide bonds. The van der Waals surface area contributed by atoms with Gasteiger partial charge in [-0.2, -0.15) is 0 Å². The van der Waals surface area contributed by atoms with Crippen LogP contribution in [0.4, 0.5) is 0 Å². The number of rotatable bonds is 3. The molecular weight excluding hydrogens is 228 g/mol. The molecule has 18 heavy (non-hydrogen) atoms. The van der Waals surface area contributed by atoms with Crippen LogP contribution in [0, 0.1) is 13.8 Å². The Kier molecular flexibility index (Phi) is 3.19. The Morgan fingerprint density at radius 2 is 1.94 bits per heavy atom. The Hall–Kier alpha value is -2.10. The molecule has 1 aromatic heterocycles. The normalized spacial score (nSPS) is 10.6. The third-order valence-corrected chi connectivity index (χ3v) is 3.03. The van der Waals surface area contributed by atoms with Crippen LogP contribution >= 0.6 is 0 Å². The lowest BCUT2D eigenvalue weighted by atomic mass is 10.0. The SMILES string of the molecule is Cc1ccc(C)c(C(=O)Cn2ccn(C)c2=O)c1. The van der Waals surface area contributed by atoms with E-state index in [1.54, 1.807) is 19.4 Å². The number of Topliss-reactive ketones (excluding diaryl/α,β-unsaturated/α-hetero) is 1. The molecule has 0 unspecified atom stereocenters. The summed E-state index contributed by atoms with van der Waals surface area (Å²) in [5, 5.41) is 0. The van der Waals surface area contributed by atoms with Gasteiger partial charge in [0.1, 0.15) is 0 Å². The minimum atomic E-state index is -0.173. The number of hydrogen-bond acceptors (Lipinski definition) is 2. The van der Waals surface area contributed by atoms with E-state index in [1.165, 1.54) is 9.13 Å². The number of ketones is 1. The third-order valence-electron chi connectivity index (χ3n) is 3.03. The summed E-state index contributed by atoms with van der Waals surface area (Å²) in [5.41, 5.74) is 2.50. The van der Waals surface area contributed by atoms with Crippen molar-refractivity contribution in [3.05, 3.63) is 57.8 Å². The van der Waals surface area contributed by atoms with E-state index >= 15 is 0 Å². The topological polar surface area (TPSA) is 44.0 Å². The van der Waals surface area contributed by atoms with E-state index in [0.29, 0.717) is 5.56 Å². The molecule has 0 radical (unpaired) electrons. The van der Waals surface area contributed by atoms with Gasteiger partial charge in [-0.15, -0.1) is 0 Å². The van der Waals surface area contributed by atoms with E-state index < -0.39 is 0 Å². The highest BCUT2D eigenvalue weighted by Gasteiger charge is 2.11. The van der Waals surface area contributed by atoms with Crippen molar-refractivity contribution in [1.29, 1.82) is 0 Å². The van der Waals surface area contributed by atoms with Crippen LogP contribution in [0.5, 0.6) is 0 Å². The quantitative estimate of drug-likeness (QED) is 0.771. The molecule has 0 N–H and O–H groups in total. The molecule has 0 bridgehead atoms. The molecular formula is C14H16N2O2. The van der Waals surface area contributed by atoms with Crippen molar-refractivity contribution in [3.8, 4) is 0 Å². The van der Waals surface area contributed by atoms with Gasteiger partial charge in [0.25, 0.3) is 0 Å². The molecule has 2 aromatic rings. The number of imidazole rings is 1. The summed E-state index contributed by atoms with van der Waals surface area (Å²) in [6.45, 7) is 3.94. The highest BCUT2D eigenvalue weighted by atomic mass is 16.2. The number of benzene rings is 1. The Balaban J connectivity index is 2.30. The second-order valence-corrected chi connectivity index (χ2v) is 4.56. The monoisotopic (exact) mass is 244 g/mol. The van der Waals surface area contributed by atoms with E-state index in [9.17, 15) is 9.59 Å². The molecule has 1 heterocycles. The fraction of sp³-hybridized carbons (Fsp3) is 0.286. The van der Waals surface area contributed by atoms with Crippen molar-refractivity contribution in [2.75, 3.05) is 0 Å². The van der Waals surface area contributed by atoms with E-state index in [0.717, 1.165) is 11.1 Å². The van der Waals surface area contributed by atoms with Gasteiger partial charge in [-0.05, 0) is 25.5 Å².